The molecule has 16 heavy (non-hydrogen) atoms. The van der Waals surface area contributed by atoms with E-state index in [0.29, 0.717) is 0 Å². The molecule has 0 aliphatic heterocycles. The van der Waals surface area contributed by atoms with Gasteiger partial charge in [0, 0.05) is 7.11 Å². The SMILES string of the molecule is CCc1ccc(C(NC)C(CC)OC)cc1. The molecule has 1 rings (SSSR count). The average molecular weight is 221 g/mol. The Balaban J connectivity index is 2.85. The van der Waals surface area contributed by atoms with Crippen LogP contribution in [-0.2, 0) is 11.2 Å². The van der Waals surface area contributed by atoms with Gasteiger partial charge >= 0.3 is 0 Å². The van der Waals surface area contributed by atoms with E-state index >= 15 is 0 Å². The Morgan fingerprint density at radius 1 is 1.19 bits per heavy atom. The minimum atomic E-state index is 0.234. The summed E-state index contributed by atoms with van der Waals surface area (Å²) in [5.41, 5.74) is 2.68. The van der Waals surface area contributed by atoms with E-state index in [9.17, 15) is 0 Å². The number of nitrogens with one attached hydrogen (secondary N) is 1. The minimum Gasteiger partial charge on any atom is -0.379 e. The highest BCUT2D eigenvalue weighted by atomic mass is 16.5. The Hall–Kier alpha value is -0.860. The van der Waals surface area contributed by atoms with Gasteiger partial charge in [-0.25, -0.2) is 0 Å². The second-order valence-corrected chi connectivity index (χ2v) is 4.04. The molecule has 0 aliphatic carbocycles. The Labute approximate surface area is 99.0 Å². The smallest absolute Gasteiger partial charge is 0.0763 e. The van der Waals surface area contributed by atoms with E-state index < -0.39 is 0 Å². The maximum atomic E-state index is 5.50. The van der Waals surface area contributed by atoms with Crippen molar-refractivity contribution in [1.29, 1.82) is 0 Å². The van der Waals surface area contributed by atoms with Crippen LogP contribution in [0.5, 0.6) is 0 Å². The Morgan fingerprint density at radius 3 is 2.19 bits per heavy atom. The van der Waals surface area contributed by atoms with Crippen LogP contribution in [0, 0.1) is 0 Å². The van der Waals surface area contributed by atoms with Crippen molar-refractivity contribution in [3.63, 3.8) is 0 Å². The molecule has 0 radical (unpaired) electrons. The molecule has 0 heterocycles. The first-order valence-electron chi connectivity index (χ1n) is 6.05. The lowest BCUT2D eigenvalue weighted by atomic mass is 9.98. The monoisotopic (exact) mass is 221 g/mol. The van der Waals surface area contributed by atoms with Gasteiger partial charge in [0.05, 0.1) is 12.1 Å². The maximum Gasteiger partial charge on any atom is 0.0763 e. The average Bonchev–Trinajstić information content (AvgIpc) is 2.36. The summed E-state index contributed by atoms with van der Waals surface area (Å²) in [5, 5.41) is 3.33. The summed E-state index contributed by atoms with van der Waals surface area (Å²) >= 11 is 0. The molecule has 2 atom stereocenters. The molecule has 0 spiro atoms. The standard InChI is InChI=1S/C14H23NO/c1-5-11-7-9-12(10-8-11)14(15-3)13(6-2)16-4/h7-10,13-15H,5-6H2,1-4H3. The third kappa shape index (κ3) is 3.06. The lowest BCUT2D eigenvalue weighted by Crippen LogP contribution is -2.30. The molecular formula is C14H23NO. The Kier molecular flexibility index (Phi) is 5.50. The van der Waals surface area contributed by atoms with Gasteiger partial charge in [-0.1, -0.05) is 38.1 Å². The first-order chi connectivity index (χ1) is 7.76. The van der Waals surface area contributed by atoms with Gasteiger partial charge in [-0.2, -0.15) is 0 Å². The lowest BCUT2D eigenvalue weighted by molar-refractivity contribution is 0.0675. The van der Waals surface area contributed by atoms with E-state index in [-0.39, 0.29) is 12.1 Å². The van der Waals surface area contributed by atoms with E-state index in [1.165, 1.54) is 11.1 Å². The van der Waals surface area contributed by atoms with Gasteiger partial charge < -0.3 is 10.1 Å². The van der Waals surface area contributed by atoms with Crippen LogP contribution in [-0.4, -0.2) is 20.3 Å². The fourth-order valence-corrected chi connectivity index (χ4v) is 2.07. The topological polar surface area (TPSA) is 21.3 Å². The Morgan fingerprint density at radius 2 is 1.81 bits per heavy atom. The second-order valence-electron chi connectivity index (χ2n) is 4.04. The van der Waals surface area contributed by atoms with Gasteiger partial charge in [-0.15, -0.1) is 0 Å². The van der Waals surface area contributed by atoms with Gasteiger partial charge in [0.1, 0.15) is 0 Å². The molecule has 0 saturated carbocycles. The van der Waals surface area contributed by atoms with Crippen LogP contribution in [0.3, 0.4) is 0 Å². The molecule has 1 N–H and O–H groups in total. The summed E-state index contributed by atoms with van der Waals surface area (Å²) in [4.78, 5) is 0. The van der Waals surface area contributed by atoms with Crippen LogP contribution in [0.1, 0.15) is 37.4 Å². The Bertz CT molecular complexity index is 290. The zero-order chi connectivity index (χ0) is 12.0. The molecule has 2 nitrogen and oxygen atoms in total. The molecule has 0 saturated heterocycles. The molecule has 1 aromatic carbocycles. The van der Waals surface area contributed by atoms with Crippen molar-refractivity contribution in [2.24, 2.45) is 0 Å². The lowest BCUT2D eigenvalue weighted by Gasteiger charge is -2.25. The molecule has 0 aromatic heterocycles. The van der Waals surface area contributed by atoms with Crippen LogP contribution >= 0.6 is 0 Å². The predicted octanol–water partition coefficient (Wildman–Crippen LogP) is 2.93. The van der Waals surface area contributed by atoms with Gasteiger partial charge in [-0.3, -0.25) is 0 Å². The number of aryl methyl sites for hydroxylation is 1. The van der Waals surface area contributed by atoms with E-state index in [4.69, 9.17) is 4.74 Å². The molecule has 0 amide bonds. The maximum absolute atomic E-state index is 5.50. The minimum absolute atomic E-state index is 0.234. The summed E-state index contributed by atoms with van der Waals surface area (Å²) < 4.78 is 5.50. The van der Waals surface area contributed by atoms with Gasteiger partial charge in [0.25, 0.3) is 0 Å². The zero-order valence-corrected chi connectivity index (χ0v) is 10.8. The first-order valence-corrected chi connectivity index (χ1v) is 6.05. The third-order valence-corrected chi connectivity index (χ3v) is 3.13. The molecule has 0 bridgehead atoms. The molecule has 2 unspecified atom stereocenters. The summed E-state index contributed by atoms with van der Waals surface area (Å²) in [5.74, 6) is 0. The number of methoxy groups -OCH3 is 1. The van der Waals surface area contributed by atoms with Crippen molar-refractivity contribution in [2.75, 3.05) is 14.2 Å². The van der Waals surface area contributed by atoms with Crippen LogP contribution in [0.4, 0.5) is 0 Å². The normalized spacial score (nSPS) is 14.8. The molecule has 90 valence electrons. The summed E-state index contributed by atoms with van der Waals surface area (Å²) in [7, 11) is 3.76. The van der Waals surface area contributed by atoms with Crippen LogP contribution in [0.2, 0.25) is 0 Å². The number of rotatable bonds is 6. The summed E-state index contributed by atoms with van der Waals surface area (Å²) in [6.07, 6.45) is 2.33. The van der Waals surface area contributed by atoms with Crippen LogP contribution < -0.4 is 5.32 Å². The molecule has 1 aromatic rings. The largest absolute Gasteiger partial charge is 0.379 e. The number of hydrogen-bond acceptors (Lipinski definition) is 2. The van der Waals surface area contributed by atoms with Crippen LogP contribution in [0.15, 0.2) is 24.3 Å². The third-order valence-electron chi connectivity index (χ3n) is 3.13. The highest BCUT2D eigenvalue weighted by Gasteiger charge is 2.19. The van der Waals surface area contributed by atoms with Crippen molar-refractivity contribution in [3.05, 3.63) is 35.4 Å². The molecule has 0 aliphatic rings. The number of hydrogen-bond donors (Lipinski definition) is 1. The first kappa shape index (κ1) is 13.2. The van der Waals surface area contributed by atoms with Gasteiger partial charge in [0.2, 0.25) is 0 Å². The number of benzene rings is 1. The van der Waals surface area contributed by atoms with Gasteiger partial charge in [-0.05, 0) is 31.0 Å². The summed E-state index contributed by atoms with van der Waals surface area (Å²) in [6, 6.07) is 9.06. The predicted molar refractivity (Wildman–Crippen MR) is 68.7 cm³/mol. The molecular weight excluding hydrogens is 198 g/mol. The van der Waals surface area contributed by atoms with Crippen LogP contribution in [0.25, 0.3) is 0 Å². The fraction of sp³-hybridized carbons (Fsp3) is 0.571. The number of ether oxygens (including phenoxy) is 1. The fourth-order valence-electron chi connectivity index (χ4n) is 2.07. The van der Waals surface area contributed by atoms with Crippen molar-refractivity contribution in [2.45, 2.75) is 38.8 Å². The quantitative estimate of drug-likeness (QED) is 0.797. The van der Waals surface area contributed by atoms with E-state index in [1.807, 2.05) is 7.05 Å². The summed E-state index contributed by atoms with van der Waals surface area (Å²) in [6.45, 7) is 4.33. The molecule has 2 heteroatoms. The van der Waals surface area contributed by atoms with Crippen molar-refractivity contribution >= 4 is 0 Å². The van der Waals surface area contributed by atoms with Crippen molar-refractivity contribution < 1.29 is 4.74 Å². The highest BCUT2D eigenvalue weighted by molar-refractivity contribution is 5.25. The zero-order valence-electron chi connectivity index (χ0n) is 10.8. The van der Waals surface area contributed by atoms with Crippen molar-refractivity contribution in [1.82, 2.24) is 5.32 Å². The molecule has 0 fully saturated rings. The number of likely N-dealkylation sites (N-methyl/N-ethyl adjacent to an activating group) is 1. The van der Waals surface area contributed by atoms with Crippen molar-refractivity contribution in [3.8, 4) is 0 Å². The highest BCUT2D eigenvalue weighted by Crippen LogP contribution is 2.21. The van der Waals surface area contributed by atoms with Gasteiger partial charge in [0.15, 0.2) is 0 Å². The van der Waals surface area contributed by atoms with E-state index in [0.717, 1.165) is 12.8 Å². The van der Waals surface area contributed by atoms with E-state index in [1.54, 1.807) is 7.11 Å². The second kappa shape index (κ2) is 6.66. The van der Waals surface area contributed by atoms with E-state index in [2.05, 4.69) is 43.4 Å².